The summed E-state index contributed by atoms with van der Waals surface area (Å²) in [6.07, 6.45) is 0.142. The summed E-state index contributed by atoms with van der Waals surface area (Å²) < 4.78 is 16.8. The molecule has 1 fully saturated rings. The van der Waals surface area contributed by atoms with Gasteiger partial charge < -0.3 is 19.9 Å². The zero-order valence-corrected chi connectivity index (χ0v) is 11.9. The minimum absolute atomic E-state index is 0.142. The van der Waals surface area contributed by atoms with Crippen molar-refractivity contribution >= 4 is 0 Å². The highest BCUT2D eigenvalue weighted by Gasteiger charge is 2.25. The Morgan fingerprint density at radius 2 is 2.05 bits per heavy atom. The van der Waals surface area contributed by atoms with Crippen LogP contribution in [0.3, 0.4) is 0 Å². The Balaban J connectivity index is 1.74. The van der Waals surface area contributed by atoms with E-state index in [1.54, 1.807) is 0 Å². The third-order valence-corrected chi connectivity index (χ3v) is 4.03. The lowest BCUT2D eigenvalue weighted by Gasteiger charge is -2.36. The number of nitrogens with zero attached hydrogens (tertiary/aromatic N) is 1. The fourth-order valence-corrected chi connectivity index (χ4v) is 2.77. The summed E-state index contributed by atoms with van der Waals surface area (Å²) in [6.45, 7) is 6.60. The Kier molecular flexibility index (Phi) is 4.10. The first-order chi connectivity index (χ1) is 9.78. The van der Waals surface area contributed by atoms with Gasteiger partial charge in [-0.1, -0.05) is 6.07 Å². The highest BCUT2D eigenvalue weighted by molar-refractivity contribution is 5.44. The van der Waals surface area contributed by atoms with Crippen LogP contribution in [0.5, 0.6) is 11.5 Å². The third kappa shape index (κ3) is 2.75. The molecule has 0 bridgehead atoms. The average molecular weight is 278 g/mol. The van der Waals surface area contributed by atoms with Gasteiger partial charge in [-0.15, -0.1) is 0 Å². The van der Waals surface area contributed by atoms with Crippen molar-refractivity contribution in [1.29, 1.82) is 0 Å². The molecule has 2 heterocycles. The molecule has 0 saturated carbocycles. The predicted octanol–water partition coefficient (Wildman–Crippen LogP) is 1.18. The molecule has 2 aliphatic rings. The fourth-order valence-electron chi connectivity index (χ4n) is 2.77. The SMILES string of the molecule is CC(c1ccc2c(c1)OCCO2)N1CCOC(CN)C1. The lowest BCUT2D eigenvalue weighted by molar-refractivity contribution is -0.0364. The summed E-state index contributed by atoms with van der Waals surface area (Å²) in [5.41, 5.74) is 6.95. The minimum Gasteiger partial charge on any atom is -0.486 e. The van der Waals surface area contributed by atoms with Crippen LogP contribution in [0.15, 0.2) is 18.2 Å². The van der Waals surface area contributed by atoms with E-state index in [4.69, 9.17) is 19.9 Å². The molecule has 110 valence electrons. The summed E-state index contributed by atoms with van der Waals surface area (Å²) in [6, 6.07) is 6.53. The number of hydrogen-bond acceptors (Lipinski definition) is 5. The van der Waals surface area contributed by atoms with E-state index in [9.17, 15) is 0 Å². The largest absolute Gasteiger partial charge is 0.486 e. The molecule has 0 amide bonds. The van der Waals surface area contributed by atoms with Gasteiger partial charge in [-0.2, -0.15) is 0 Å². The Hall–Kier alpha value is -1.30. The highest BCUT2D eigenvalue weighted by Crippen LogP contribution is 2.34. The molecule has 2 unspecified atom stereocenters. The molecule has 1 saturated heterocycles. The van der Waals surface area contributed by atoms with Gasteiger partial charge in [-0.3, -0.25) is 4.90 Å². The summed E-state index contributed by atoms with van der Waals surface area (Å²) in [7, 11) is 0. The molecule has 2 atom stereocenters. The molecule has 1 aromatic rings. The van der Waals surface area contributed by atoms with E-state index >= 15 is 0 Å². The van der Waals surface area contributed by atoms with Gasteiger partial charge in [-0.05, 0) is 24.6 Å². The van der Waals surface area contributed by atoms with E-state index < -0.39 is 0 Å². The van der Waals surface area contributed by atoms with Gasteiger partial charge in [0.05, 0.1) is 12.7 Å². The average Bonchev–Trinajstić information content (AvgIpc) is 2.53. The monoisotopic (exact) mass is 278 g/mol. The van der Waals surface area contributed by atoms with E-state index in [-0.39, 0.29) is 6.10 Å². The summed E-state index contributed by atoms with van der Waals surface area (Å²) in [5.74, 6) is 1.69. The van der Waals surface area contributed by atoms with Crippen LogP contribution in [0.4, 0.5) is 0 Å². The summed E-state index contributed by atoms with van der Waals surface area (Å²) in [4.78, 5) is 2.41. The van der Waals surface area contributed by atoms with Gasteiger partial charge >= 0.3 is 0 Å². The second-order valence-electron chi connectivity index (χ2n) is 5.30. The van der Waals surface area contributed by atoms with Crippen LogP contribution in [0.1, 0.15) is 18.5 Å². The fraction of sp³-hybridized carbons (Fsp3) is 0.600. The van der Waals surface area contributed by atoms with Crippen LogP contribution >= 0.6 is 0 Å². The molecular weight excluding hydrogens is 256 g/mol. The number of hydrogen-bond donors (Lipinski definition) is 1. The Bertz CT molecular complexity index is 466. The van der Waals surface area contributed by atoms with Crippen molar-refractivity contribution in [3.63, 3.8) is 0 Å². The van der Waals surface area contributed by atoms with Gasteiger partial charge in [0.2, 0.25) is 0 Å². The maximum absolute atomic E-state index is 5.71. The molecule has 2 aliphatic heterocycles. The first-order valence-corrected chi connectivity index (χ1v) is 7.23. The van der Waals surface area contributed by atoms with Crippen LogP contribution in [-0.2, 0) is 4.74 Å². The van der Waals surface area contributed by atoms with Crippen LogP contribution in [-0.4, -0.2) is 50.5 Å². The minimum atomic E-state index is 0.142. The second kappa shape index (κ2) is 5.99. The lowest BCUT2D eigenvalue weighted by atomic mass is 10.0. The van der Waals surface area contributed by atoms with Gasteiger partial charge in [0.25, 0.3) is 0 Å². The van der Waals surface area contributed by atoms with Crippen molar-refractivity contribution in [3.8, 4) is 11.5 Å². The zero-order valence-electron chi connectivity index (χ0n) is 11.9. The van der Waals surface area contributed by atoms with Crippen LogP contribution < -0.4 is 15.2 Å². The molecular formula is C15H22N2O3. The lowest BCUT2D eigenvalue weighted by Crippen LogP contribution is -2.46. The first kappa shape index (κ1) is 13.7. The Morgan fingerprint density at radius 3 is 2.85 bits per heavy atom. The first-order valence-electron chi connectivity index (χ1n) is 7.23. The number of morpholine rings is 1. The van der Waals surface area contributed by atoms with Gasteiger partial charge in [0, 0.05) is 25.7 Å². The molecule has 0 aliphatic carbocycles. The Morgan fingerprint density at radius 1 is 1.25 bits per heavy atom. The van der Waals surface area contributed by atoms with E-state index in [1.165, 1.54) is 5.56 Å². The number of ether oxygens (including phenoxy) is 3. The second-order valence-corrected chi connectivity index (χ2v) is 5.30. The molecule has 1 aromatic carbocycles. The van der Waals surface area contributed by atoms with E-state index in [2.05, 4.69) is 24.0 Å². The molecule has 0 aromatic heterocycles. The zero-order chi connectivity index (χ0) is 13.9. The maximum atomic E-state index is 5.71. The Labute approximate surface area is 119 Å². The topological polar surface area (TPSA) is 57.0 Å². The molecule has 2 N–H and O–H groups in total. The summed E-state index contributed by atoms with van der Waals surface area (Å²) in [5, 5.41) is 0. The number of benzene rings is 1. The van der Waals surface area contributed by atoms with Crippen molar-refractivity contribution in [2.75, 3.05) is 39.5 Å². The predicted molar refractivity (Wildman–Crippen MR) is 76.2 cm³/mol. The summed E-state index contributed by atoms with van der Waals surface area (Å²) >= 11 is 0. The third-order valence-electron chi connectivity index (χ3n) is 4.03. The van der Waals surface area contributed by atoms with Crippen LogP contribution in [0.2, 0.25) is 0 Å². The van der Waals surface area contributed by atoms with Gasteiger partial charge in [0.15, 0.2) is 11.5 Å². The van der Waals surface area contributed by atoms with Crippen molar-refractivity contribution in [3.05, 3.63) is 23.8 Å². The number of rotatable bonds is 3. The van der Waals surface area contributed by atoms with Crippen molar-refractivity contribution < 1.29 is 14.2 Å². The standard InChI is InChI=1S/C15H22N2O3/c1-11(17-4-5-18-13(9-16)10-17)12-2-3-14-15(8-12)20-7-6-19-14/h2-3,8,11,13H,4-7,9-10,16H2,1H3. The number of fused-ring (bicyclic) bond motifs is 1. The van der Waals surface area contributed by atoms with Gasteiger partial charge in [0.1, 0.15) is 13.2 Å². The molecule has 20 heavy (non-hydrogen) atoms. The normalized spacial score (nSPS) is 24.4. The molecule has 0 spiro atoms. The van der Waals surface area contributed by atoms with E-state index in [0.29, 0.717) is 25.8 Å². The molecule has 5 nitrogen and oxygen atoms in total. The quantitative estimate of drug-likeness (QED) is 0.899. The van der Waals surface area contributed by atoms with E-state index in [0.717, 1.165) is 31.2 Å². The van der Waals surface area contributed by atoms with E-state index in [1.807, 2.05) is 6.07 Å². The smallest absolute Gasteiger partial charge is 0.161 e. The van der Waals surface area contributed by atoms with Crippen LogP contribution in [0.25, 0.3) is 0 Å². The number of nitrogens with two attached hydrogens (primary N) is 1. The molecule has 3 rings (SSSR count). The van der Waals surface area contributed by atoms with Crippen molar-refractivity contribution in [2.45, 2.75) is 19.1 Å². The van der Waals surface area contributed by atoms with Gasteiger partial charge in [-0.25, -0.2) is 0 Å². The molecule has 5 heteroatoms. The maximum Gasteiger partial charge on any atom is 0.161 e. The van der Waals surface area contributed by atoms with Crippen molar-refractivity contribution in [2.24, 2.45) is 5.73 Å². The van der Waals surface area contributed by atoms with Crippen molar-refractivity contribution in [1.82, 2.24) is 4.90 Å². The van der Waals surface area contributed by atoms with Crippen LogP contribution in [0, 0.1) is 0 Å². The highest BCUT2D eigenvalue weighted by atomic mass is 16.6. The molecule has 0 radical (unpaired) electrons.